The molecule has 2 heterocycles. The van der Waals surface area contributed by atoms with Crippen molar-refractivity contribution < 1.29 is 0 Å². The van der Waals surface area contributed by atoms with Crippen LogP contribution < -0.4 is 5.32 Å². The van der Waals surface area contributed by atoms with Crippen LogP contribution in [0, 0.1) is 6.92 Å². The van der Waals surface area contributed by atoms with E-state index in [9.17, 15) is 0 Å². The van der Waals surface area contributed by atoms with Crippen molar-refractivity contribution in [2.45, 2.75) is 13.5 Å². The third kappa shape index (κ3) is 2.16. The smallest absolute Gasteiger partial charge is 0.0483 e. The number of hydrogen-bond acceptors (Lipinski definition) is 2. The van der Waals surface area contributed by atoms with Gasteiger partial charge in [-0.2, -0.15) is 0 Å². The molecule has 96 valence electrons. The summed E-state index contributed by atoms with van der Waals surface area (Å²) < 4.78 is 2.27. The second kappa shape index (κ2) is 4.75. The van der Waals surface area contributed by atoms with Gasteiger partial charge in [0, 0.05) is 51.0 Å². The highest BCUT2D eigenvalue weighted by molar-refractivity contribution is 5.81. The van der Waals surface area contributed by atoms with E-state index >= 15 is 0 Å². The van der Waals surface area contributed by atoms with Gasteiger partial charge < -0.3 is 9.88 Å². The Kier molecular flexibility index (Phi) is 3.10. The SMILES string of the molecule is Cc1cc2ccc(CN3CCNCC3)cc2n1C. The number of aromatic nitrogens is 1. The molecule has 3 rings (SSSR count). The molecule has 0 aliphatic carbocycles. The topological polar surface area (TPSA) is 20.2 Å². The van der Waals surface area contributed by atoms with Gasteiger partial charge in [0.25, 0.3) is 0 Å². The summed E-state index contributed by atoms with van der Waals surface area (Å²) in [7, 11) is 2.15. The van der Waals surface area contributed by atoms with E-state index in [-0.39, 0.29) is 0 Å². The Morgan fingerprint density at radius 3 is 2.72 bits per heavy atom. The highest BCUT2D eigenvalue weighted by Gasteiger charge is 2.10. The van der Waals surface area contributed by atoms with Crippen molar-refractivity contribution in [1.82, 2.24) is 14.8 Å². The zero-order chi connectivity index (χ0) is 12.5. The summed E-state index contributed by atoms with van der Waals surface area (Å²) >= 11 is 0. The second-order valence-electron chi connectivity index (χ2n) is 5.26. The molecule has 0 amide bonds. The lowest BCUT2D eigenvalue weighted by Crippen LogP contribution is -2.42. The van der Waals surface area contributed by atoms with Gasteiger partial charge in [0.05, 0.1) is 0 Å². The molecule has 1 N–H and O–H groups in total. The minimum absolute atomic E-state index is 1.07. The molecular formula is C15H21N3. The van der Waals surface area contributed by atoms with Gasteiger partial charge in [-0.3, -0.25) is 4.90 Å². The summed E-state index contributed by atoms with van der Waals surface area (Å²) in [5.74, 6) is 0. The molecule has 0 atom stereocenters. The van der Waals surface area contributed by atoms with Crippen molar-refractivity contribution in [1.29, 1.82) is 0 Å². The van der Waals surface area contributed by atoms with Crippen molar-refractivity contribution in [3.8, 4) is 0 Å². The van der Waals surface area contributed by atoms with E-state index in [1.807, 2.05) is 0 Å². The highest BCUT2D eigenvalue weighted by Crippen LogP contribution is 2.20. The Bertz CT molecular complexity index is 550. The van der Waals surface area contributed by atoms with Gasteiger partial charge in [0.1, 0.15) is 0 Å². The molecular weight excluding hydrogens is 222 g/mol. The van der Waals surface area contributed by atoms with E-state index in [0.29, 0.717) is 0 Å². The quantitative estimate of drug-likeness (QED) is 0.869. The average molecular weight is 243 g/mol. The number of nitrogens with zero attached hydrogens (tertiary/aromatic N) is 2. The normalized spacial score (nSPS) is 17.4. The molecule has 0 saturated carbocycles. The molecule has 0 bridgehead atoms. The van der Waals surface area contributed by atoms with Crippen LogP contribution in [0.3, 0.4) is 0 Å². The summed E-state index contributed by atoms with van der Waals surface area (Å²) in [4.78, 5) is 2.52. The molecule has 0 unspecified atom stereocenters. The lowest BCUT2D eigenvalue weighted by molar-refractivity contribution is 0.233. The van der Waals surface area contributed by atoms with Crippen LogP contribution in [0.5, 0.6) is 0 Å². The largest absolute Gasteiger partial charge is 0.348 e. The Balaban J connectivity index is 1.85. The third-order valence-electron chi connectivity index (χ3n) is 3.97. The molecule has 1 aromatic heterocycles. The highest BCUT2D eigenvalue weighted by atomic mass is 15.2. The molecule has 0 radical (unpaired) electrons. The first-order chi connectivity index (χ1) is 8.74. The maximum Gasteiger partial charge on any atom is 0.0483 e. The van der Waals surface area contributed by atoms with Crippen LogP contribution in [0.1, 0.15) is 11.3 Å². The predicted octanol–water partition coefficient (Wildman–Crippen LogP) is 1.89. The molecule has 1 fully saturated rings. The van der Waals surface area contributed by atoms with E-state index in [4.69, 9.17) is 0 Å². The summed E-state index contributed by atoms with van der Waals surface area (Å²) in [6.45, 7) is 7.78. The molecule has 3 heteroatoms. The standard InChI is InChI=1S/C15H21N3/c1-12-9-14-4-3-13(10-15(14)17(12)2)11-18-7-5-16-6-8-18/h3-4,9-10,16H,5-8,11H2,1-2H3. The monoisotopic (exact) mass is 243 g/mol. The van der Waals surface area contributed by atoms with E-state index < -0.39 is 0 Å². The van der Waals surface area contributed by atoms with Crippen LogP contribution in [0.2, 0.25) is 0 Å². The van der Waals surface area contributed by atoms with Crippen LogP contribution in [0.4, 0.5) is 0 Å². The fraction of sp³-hybridized carbons (Fsp3) is 0.467. The third-order valence-corrected chi connectivity index (χ3v) is 3.97. The van der Waals surface area contributed by atoms with Gasteiger partial charge in [0.2, 0.25) is 0 Å². The average Bonchev–Trinajstić information content (AvgIpc) is 2.67. The molecule has 3 nitrogen and oxygen atoms in total. The van der Waals surface area contributed by atoms with E-state index in [2.05, 4.69) is 53.0 Å². The van der Waals surface area contributed by atoms with E-state index in [1.165, 1.54) is 22.2 Å². The zero-order valence-corrected chi connectivity index (χ0v) is 11.2. The van der Waals surface area contributed by atoms with Crippen molar-refractivity contribution >= 4 is 10.9 Å². The molecule has 1 aliphatic rings. The molecule has 0 spiro atoms. The molecule has 18 heavy (non-hydrogen) atoms. The number of benzene rings is 1. The minimum Gasteiger partial charge on any atom is -0.348 e. The fourth-order valence-electron chi connectivity index (χ4n) is 2.74. The van der Waals surface area contributed by atoms with Gasteiger partial charge in [-0.1, -0.05) is 12.1 Å². The molecule has 1 aromatic carbocycles. The van der Waals surface area contributed by atoms with Crippen LogP contribution in [0.15, 0.2) is 24.3 Å². The molecule has 1 aliphatic heterocycles. The lowest BCUT2D eigenvalue weighted by atomic mass is 10.1. The first-order valence-electron chi connectivity index (χ1n) is 6.72. The second-order valence-corrected chi connectivity index (χ2v) is 5.26. The number of rotatable bonds is 2. The van der Waals surface area contributed by atoms with Gasteiger partial charge in [-0.15, -0.1) is 0 Å². The summed E-state index contributed by atoms with van der Waals surface area (Å²) in [5, 5.41) is 4.74. The number of piperazine rings is 1. The van der Waals surface area contributed by atoms with E-state index in [0.717, 1.165) is 32.7 Å². The maximum atomic E-state index is 3.40. The number of fused-ring (bicyclic) bond motifs is 1. The number of aryl methyl sites for hydroxylation is 2. The number of nitrogens with one attached hydrogen (secondary N) is 1. The first-order valence-corrected chi connectivity index (χ1v) is 6.72. The Morgan fingerprint density at radius 1 is 1.17 bits per heavy atom. The van der Waals surface area contributed by atoms with Crippen molar-refractivity contribution in [2.75, 3.05) is 26.2 Å². The summed E-state index contributed by atoms with van der Waals surface area (Å²) in [5.41, 5.74) is 4.09. The Labute approximate surface area is 108 Å². The van der Waals surface area contributed by atoms with Crippen molar-refractivity contribution in [2.24, 2.45) is 7.05 Å². The summed E-state index contributed by atoms with van der Waals surface area (Å²) in [6.07, 6.45) is 0. The Hall–Kier alpha value is -1.32. The molecule has 1 saturated heterocycles. The van der Waals surface area contributed by atoms with Crippen LogP contribution >= 0.6 is 0 Å². The minimum atomic E-state index is 1.07. The number of hydrogen-bond donors (Lipinski definition) is 1. The van der Waals surface area contributed by atoms with Gasteiger partial charge in [0.15, 0.2) is 0 Å². The predicted molar refractivity (Wildman–Crippen MR) is 75.8 cm³/mol. The molecule has 2 aromatic rings. The maximum absolute atomic E-state index is 3.40. The van der Waals surface area contributed by atoms with Crippen LogP contribution in [-0.4, -0.2) is 35.6 Å². The van der Waals surface area contributed by atoms with Gasteiger partial charge >= 0.3 is 0 Å². The van der Waals surface area contributed by atoms with Gasteiger partial charge in [-0.05, 0) is 30.0 Å². The van der Waals surface area contributed by atoms with Crippen LogP contribution in [0.25, 0.3) is 10.9 Å². The van der Waals surface area contributed by atoms with Crippen molar-refractivity contribution in [3.05, 3.63) is 35.5 Å². The summed E-state index contributed by atoms with van der Waals surface area (Å²) in [6, 6.07) is 9.11. The fourth-order valence-corrected chi connectivity index (χ4v) is 2.74. The van der Waals surface area contributed by atoms with Crippen molar-refractivity contribution in [3.63, 3.8) is 0 Å². The lowest BCUT2D eigenvalue weighted by Gasteiger charge is -2.27. The zero-order valence-electron chi connectivity index (χ0n) is 11.2. The van der Waals surface area contributed by atoms with Crippen LogP contribution in [-0.2, 0) is 13.6 Å². The van der Waals surface area contributed by atoms with Gasteiger partial charge in [-0.25, -0.2) is 0 Å². The Morgan fingerprint density at radius 2 is 1.94 bits per heavy atom. The van der Waals surface area contributed by atoms with E-state index in [1.54, 1.807) is 0 Å². The first kappa shape index (κ1) is 11.8.